The van der Waals surface area contributed by atoms with Gasteiger partial charge in [-0.2, -0.15) is 0 Å². The topological polar surface area (TPSA) is 53.9 Å². The van der Waals surface area contributed by atoms with Gasteiger partial charge in [0.25, 0.3) is 5.91 Å². The molecule has 3 aromatic carbocycles. The first-order chi connectivity index (χ1) is 15.7. The van der Waals surface area contributed by atoms with Crippen molar-refractivity contribution in [1.29, 1.82) is 0 Å². The molecule has 3 aromatic rings. The largest absolute Gasteiger partial charge is 0.497 e. The molecular weight excluding hydrogens is 398 g/mol. The molecule has 5 rings (SSSR count). The van der Waals surface area contributed by atoms with Crippen LogP contribution in [0.3, 0.4) is 0 Å². The zero-order chi connectivity index (χ0) is 22.1. The van der Waals surface area contributed by atoms with Gasteiger partial charge >= 0.3 is 0 Å². The van der Waals surface area contributed by atoms with Crippen molar-refractivity contribution in [1.82, 2.24) is 5.32 Å². The number of nitrogens with zero attached hydrogens (tertiary/aromatic N) is 2. The number of aliphatic imine (C=N–C) groups is 1. The summed E-state index contributed by atoms with van der Waals surface area (Å²) in [6, 6.07) is 25.9. The number of hydrogen-bond acceptors (Lipinski definition) is 4. The number of ether oxygens (including phenoxy) is 1. The normalized spacial score (nSPS) is 18.1. The first kappa shape index (κ1) is 20.1. The Kier molecular flexibility index (Phi) is 5.23. The third-order valence-corrected chi connectivity index (χ3v) is 5.96. The van der Waals surface area contributed by atoms with Crippen molar-refractivity contribution in [2.45, 2.75) is 13.0 Å². The van der Waals surface area contributed by atoms with Gasteiger partial charge in [0, 0.05) is 23.4 Å². The zero-order valence-corrected chi connectivity index (χ0v) is 18.2. The number of benzene rings is 3. The Balaban J connectivity index is 1.70. The molecule has 5 nitrogen and oxygen atoms in total. The summed E-state index contributed by atoms with van der Waals surface area (Å²) in [5.74, 6) is 0.715. The van der Waals surface area contributed by atoms with E-state index < -0.39 is 0 Å². The van der Waals surface area contributed by atoms with Crippen LogP contribution in [0.4, 0.5) is 5.69 Å². The van der Waals surface area contributed by atoms with Gasteiger partial charge in [0.15, 0.2) is 0 Å². The van der Waals surface area contributed by atoms with Crippen molar-refractivity contribution < 1.29 is 9.53 Å². The van der Waals surface area contributed by atoms with E-state index >= 15 is 0 Å². The van der Waals surface area contributed by atoms with E-state index in [1.54, 1.807) is 7.11 Å². The van der Waals surface area contributed by atoms with Gasteiger partial charge < -0.3 is 10.1 Å². The number of amides is 1. The second kappa shape index (κ2) is 8.35. The number of methoxy groups -OCH3 is 1. The minimum atomic E-state index is -0.281. The van der Waals surface area contributed by atoms with Crippen LogP contribution in [0.15, 0.2) is 95.1 Å². The highest BCUT2D eigenvalue weighted by molar-refractivity contribution is 6.23. The minimum absolute atomic E-state index is 0.0405. The Bertz CT molecular complexity index is 1200. The predicted octanol–water partition coefficient (Wildman–Crippen LogP) is 4.44. The molecule has 1 amide bonds. The molecule has 0 aliphatic carbocycles. The van der Waals surface area contributed by atoms with Crippen LogP contribution >= 0.6 is 0 Å². The quantitative estimate of drug-likeness (QED) is 0.675. The summed E-state index contributed by atoms with van der Waals surface area (Å²) in [4.78, 5) is 20.6. The first-order valence-corrected chi connectivity index (χ1v) is 10.8. The van der Waals surface area contributed by atoms with E-state index in [4.69, 9.17) is 9.73 Å². The number of aryl methyl sites for hydroxylation is 1. The predicted molar refractivity (Wildman–Crippen MR) is 127 cm³/mol. The fraction of sp³-hybridized carbons (Fsp3) is 0.185. The molecule has 0 fully saturated rings. The minimum Gasteiger partial charge on any atom is -0.497 e. The number of carbonyl (C=O) groups is 1. The summed E-state index contributed by atoms with van der Waals surface area (Å²) in [7, 11) is 1.64. The second-order valence-electron chi connectivity index (χ2n) is 8.00. The summed E-state index contributed by atoms with van der Waals surface area (Å²) in [6.07, 6.45) is 0. The Morgan fingerprint density at radius 1 is 0.969 bits per heavy atom. The number of rotatable bonds is 4. The van der Waals surface area contributed by atoms with Gasteiger partial charge in [-0.25, -0.2) is 0 Å². The molecule has 0 saturated carbocycles. The fourth-order valence-electron chi connectivity index (χ4n) is 4.39. The lowest BCUT2D eigenvalue weighted by molar-refractivity contribution is -0.115. The standard InChI is InChI=1S/C27H25N3O2/c1-18-8-10-20(11-9-18)26-23-24(19-6-4-3-5-7-19)28-16-17-29-25(23)27(31)30(26)21-12-14-22(32-2)15-13-21/h3-15,26,29H,16-17H2,1-2H3. The Morgan fingerprint density at radius 3 is 2.38 bits per heavy atom. The lowest BCUT2D eigenvalue weighted by Crippen LogP contribution is -2.33. The van der Waals surface area contributed by atoms with E-state index in [-0.39, 0.29) is 11.9 Å². The average molecular weight is 424 g/mol. The molecule has 5 heteroatoms. The first-order valence-electron chi connectivity index (χ1n) is 10.8. The van der Waals surface area contributed by atoms with Crippen LogP contribution in [0, 0.1) is 6.92 Å². The molecule has 160 valence electrons. The van der Waals surface area contributed by atoms with E-state index in [1.807, 2.05) is 47.4 Å². The van der Waals surface area contributed by atoms with Crippen molar-refractivity contribution in [3.05, 3.63) is 107 Å². The number of anilines is 1. The van der Waals surface area contributed by atoms with E-state index in [1.165, 1.54) is 5.56 Å². The van der Waals surface area contributed by atoms with Crippen LogP contribution in [-0.4, -0.2) is 31.8 Å². The molecule has 0 spiro atoms. The lowest BCUT2D eigenvalue weighted by atomic mass is 9.91. The monoisotopic (exact) mass is 423 g/mol. The zero-order valence-electron chi connectivity index (χ0n) is 18.2. The number of hydrogen-bond donors (Lipinski definition) is 1. The van der Waals surface area contributed by atoms with Crippen molar-refractivity contribution in [3.63, 3.8) is 0 Å². The van der Waals surface area contributed by atoms with Gasteiger partial charge in [0.2, 0.25) is 0 Å². The molecular formula is C27H25N3O2. The van der Waals surface area contributed by atoms with Crippen LogP contribution in [0.5, 0.6) is 5.75 Å². The maximum Gasteiger partial charge on any atom is 0.275 e. The summed E-state index contributed by atoms with van der Waals surface area (Å²) in [5, 5.41) is 3.38. The van der Waals surface area contributed by atoms with E-state index in [9.17, 15) is 4.79 Å². The molecule has 2 aliphatic rings. The molecule has 0 bridgehead atoms. The van der Waals surface area contributed by atoms with Crippen LogP contribution in [0.2, 0.25) is 0 Å². The van der Waals surface area contributed by atoms with E-state index in [2.05, 4.69) is 48.6 Å². The molecule has 1 N–H and O–H groups in total. The lowest BCUT2D eigenvalue weighted by Gasteiger charge is -2.28. The number of carbonyl (C=O) groups excluding carboxylic acids is 1. The molecule has 2 heterocycles. The highest BCUT2D eigenvalue weighted by Gasteiger charge is 2.43. The van der Waals surface area contributed by atoms with Crippen LogP contribution in [0.25, 0.3) is 0 Å². The summed E-state index contributed by atoms with van der Waals surface area (Å²) in [6.45, 7) is 3.31. The van der Waals surface area contributed by atoms with E-state index in [0.29, 0.717) is 18.8 Å². The average Bonchev–Trinajstić information content (AvgIpc) is 2.98. The molecule has 0 radical (unpaired) electrons. The van der Waals surface area contributed by atoms with Gasteiger partial charge in [-0.1, -0.05) is 60.2 Å². The fourth-order valence-corrected chi connectivity index (χ4v) is 4.39. The van der Waals surface area contributed by atoms with Gasteiger partial charge in [-0.15, -0.1) is 0 Å². The van der Waals surface area contributed by atoms with Crippen LogP contribution < -0.4 is 15.0 Å². The third-order valence-electron chi connectivity index (χ3n) is 5.96. The van der Waals surface area contributed by atoms with Crippen molar-refractivity contribution in [2.24, 2.45) is 4.99 Å². The van der Waals surface area contributed by atoms with Crippen molar-refractivity contribution in [3.8, 4) is 5.75 Å². The van der Waals surface area contributed by atoms with Crippen LogP contribution in [-0.2, 0) is 4.79 Å². The summed E-state index contributed by atoms with van der Waals surface area (Å²) < 4.78 is 5.32. The molecule has 1 unspecified atom stereocenters. The number of nitrogens with one attached hydrogen (secondary N) is 1. The van der Waals surface area contributed by atoms with Gasteiger partial charge in [0.1, 0.15) is 11.4 Å². The Hall–Kier alpha value is -3.86. The Labute approximate surface area is 188 Å². The third kappa shape index (κ3) is 3.46. The highest BCUT2D eigenvalue weighted by Crippen LogP contribution is 2.43. The molecule has 1 atom stereocenters. The molecule has 2 aliphatic heterocycles. The van der Waals surface area contributed by atoms with E-state index in [0.717, 1.165) is 33.8 Å². The Morgan fingerprint density at radius 2 is 1.69 bits per heavy atom. The second-order valence-corrected chi connectivity index (χ2v) is 8.00. The molecule has 0 saturated heterocycles. The summed E-state index contributed by atoms with van der Waals surface area (Å²) >= 11 is 0. The maximum atomic E-state index is 13.8. The van der Waals surface area contributed by atoms with Crippen LogP contribution in [0.1, 0.15) is 22.7 Å². The van der Waals surface area contributed by atoms with Gasteiger partial charge in [-0.3, -0.25) is 14.7 Å². The van der Waals surface area contributed by atoms with Gasteiger partial charge in [-0.05, 0) is 36.8 Å². The molecule has 32 heavy (non-hydrogen) atoms. The molecule has 0 aromatic heterocycles. The summed E-state index contributed by atoms with van der Waals surface area (Å²) in [5.41, 5.74) is 6.51. The maximum absolute atomic E-state index is 13.8. The van der Waals surface area contributed by atoms with Crippen molar-refractivity contribution >= 4 is 17.3 Å². The van der Waals surface area contributed by atoms with Crippen molar-refractivity contribution in [2.75, 3.05) is 25.1 Å². The SMILES string of the molecule is COc1ccc(N2C(=O)C3=C(C(c4ccccc4)=NCCN3)C2c2ccc(C)cc2)cc1. The van der Waals surface area contributed by atoms with Gasteiger partial charge in [0.05, 0.1) is 25.4 Å². The smallest absolute Gasteiger partial charge is 0.275 e. The highest BCUT2D eigenvalue weighted by atomic mass is 16.5.